The predicted octanol–water partition coefficient (Wildman–Crippen LogP) is 1.70. The van der Waals surface area contributed by atoms with Gasteiger partial charge in [0.2, 0.25) is 15.9 Å². The van der Waals surface area contributed by atoms with Crippen molar-refractivity contribution in [2.45, 2.75) is 70.4 Å². The van der Waals surface area contributed by atoms with Gasteiger partial charge in [-0.25, -0.2) is 8.42 Å². The smallest absolute Gasteiger partial charge is 0.246 e. The number of hydrogen-bond acceptors (Lipinski definition) is 5. The van der Waals surface area contributed by atoms with Gasteiger partial charge in [-0.1, -0.05) is 19.3 Å². The third kappa shape index (κ3) is 4.26. The molecule has 9 heteroatoms. The van der Waals surface area contributed by atoms with Gasteiger partial charge in [0.25, 0.3) is 0 Å². The molecule has 2 fully saturated rings. The highest BCUT2D eigenvalue weighted by Crippen LogP contribution is 2.26. The number of morpholine rings is 1. The minimum atomic E-state index is -3.64. The van der Waals surface area contributed by atoms with Crippen LogP contribution in [0.25, 0.3) is 0 Å². The summed E-state index contributed by atoms with van der Waals surface area (Å²) in [4.78, 5) is 15.1. The number of likely N-dealkylation sites (N-methyl/N-ethyl adjacent to an activating group) is 1. The molecule has 1 aliphatic heterocycles. The van der Waals surface area contributed by atoms with Crippen molar-refractivity contribution in [3.05, 3.63) is 11.4 Å². The molecule has 8 nitrogen and oxygen atoms in total. The van der Waals surface area contributed by atoms with Crippen molar-refractivity contribution in [1.29, 1.82) is 0 Å². The summed E-state index contributed by atoms with van der Waals surface area (Å²) in [5.74, 6) is 0.00956. The zero-order chi connectivity index (χ0) is 20.3. The fraction of sp³-hybridized carbons (Fsp3) is 0.789. The van der Waals surface area contributed by atoms with E-state index in [9.17, 15) is 13.2 Å². The largest absolute Gasteiger partial charge is 0.379 e. The number of aryl methyl sites for hydroxylation is 1. The molecular weight excluding hydrogens is 380 g/mol. The van der Waals surface area contributed by atoms with E-state index in [0.717, 1.165) is 25.7 Å². The zero-order valence-electron chi connectivity index (χ0n) is 17.2. The van der Waals surface area contributed by atoms with E-state index >= 15 is 0 Å². The van der Waals surface area contributed by atoms with E-state index in [1.54, 1.807) is 18.5 Å². The summed E-state index contributed by atoms with van der Waals surface area (Å²) in [5.41, 5.74) is 0.967. The lowest BCUT2D eigenvalue weighted by Crippen LogP contribution is -2.43. The second kappa shape index (κ2) is 8.92. The lowest BCUT2D eigenvalue weighted by Gasteiger charge is -2.33. The van der Waals surface area contributed by atoms with Gasteiger partial charge in [0.1, 0.15) is 11.4 Å². The van der Waals surface area contributed by atoms with Crippen LogP contribution in [0.2, 0.25) is 0 Å². The second-order valence-corrected chi connectivity index (χ2v) is 9.52. The van der Waals surface area contributed by atoms with Crippen LogP contribution in [0, 0.1) is 13.8 Å². The van der Waals surface area contributed by atoms with Gasteiger partial charge < -0.3 is 9.64 Å². The van der Waals surface area contributed by atoms with E-state index in [-0.39, 0.29) is 17.3 Å². The van der Waals surface area contributed by atoms with Gasteiger partial charge in [0, 0.05) is 25.7 Å². The minimum Gasteiger partial charge on any atom is -0.379 e. The predicted molar refractivity (Wildman–Crippen MR) is 106 cm³/mol. The van der Waals surface area contributed by atoms with Crippen LogP contribution in [0.3, 0.4) is 0 Å². The van der Waals surface area contributed by atoms with Gasteiger partial charge >= 0.3 is 0 Å². The molecule has 158 valence electrons. The van der Waals surface area contributed by atoms with Gasteiger partial charge in [0.05, 0.1) is 24.6 Å². The summed E-state index contributed by atoms with van der Waals surface area (Å²) < 4.78 is 34.4. The SMILES string of the molecule is CCN(C(=O)Cn1nc(C)c(S(=O)(=O)N2CCOCC2)c1C)C1CCCCC1. The molecule has 0 unspecified atom stereocenters. The molecule has 0 bridgehead atoms. The molecule has 1 amide bonds. The van der Waals surface area contributed by atoms with Gasteiger partial charge in [0.15, 0.2) is 0 Å². The molecule has 1 aliphatic carbocycles. The number of rotatable bonds is 6. The Morgan fingerprint density at radius 3 is 2.43 bits per heavy atom. The number of aromatic nitrogens is 2. The lowest BCUT2D eigenvalue weighted by molar-refractivity contribution is -0.134. The molecule has 1 saturated carbocycles. The van der Waals surface area contributed by atoms with E-state index in [4.69, 9.17) is 4.74 Å². The maximum Gasteiger partial charge on any atom is 0.246 e. The van der Waals surface area contributed by atoms with Crippen molar-refractivity contribution >= 4 is 15.9 Å². The number of hydrogen-bond donors (Lipinski definition) is 0. The second-order valence-electron chi connectivity index (χ2n) is 7.65. The summed E-state index contributed by atoms with van der Waals surface area (Å²) >= 11 is 0. The Labute approximate surface area is 167 Å². The van der Waals surface area contributed by atoms with Crippen LogP contribution in [-0.4, -0.2) is 72.2 Å². The number of ether oxygens (including phenoxy) is 1. The van der Waals surface area contributed by atoms with E-state index in [2.05, 4.69) is 5.10 Å². The zero-order valence-corrected chi connectivity index (χ0v) is 18.0. The van der Waals surface area contributed by atoms with E-state index in [0.29, 0.717) is 50.3 Å². The van der Waals surface area contributed by atoms with Gasteiger partial charge in [-0.15, -0.1) is 0 Å². The highest BCUT2D eigenvalue weighted by atomic mass is 32.2. The molecule has 0 N–H and O–H groups in total. The van der Waals surface area contributed by atoms with E-state index < -0.39 is 10.0 Å². The molecule has 1 saturated heterocycles. The molecule has 1 aromatic rings. The molecule has 2 aliphatic rings. The maximum atomic E-state index is 13.1. The van der Waals surface area contributed by atoms with Gasteiger partial charge in [-0.3, -0.25) is 9.48 Å². The number of carbonyl (C=O) groups excluding carboxylic acids is 1. The fourth-order valence-corrected chi connectivity index (χ4v) is 6.15. The van der Waals surface area contributed by atoms with Crippen molar-refractivity contribution in [2.75, 3.05) is 32.8 Å². The first-order valence-electron chi connectivity index (χ1n) is 10.3. The molecular formula is C19H32N4O4S. The maximum absolute atomic E-state index is 13.1. The van der Waals surface area contributed by atoms with Crippen LogP contribution < -0.4 is 0 Å². The Morgan fingerprint density at radius 2 is 1.82 bits per heavy atom. The normalized spacial score (nSPS) is 19.7. The van der Waals surface area contributed by atoms with Gasteiger partial charge in [-0.05, 0) is 33.6 Å². The van der Waals surface area contributed by atoms with Crippen molar-refractivity contribution in [3.63, 3.8) is 0 Å². The van der Waals surface area contributed by atoms with Crippen LogP contribution in [0.5, 0.6) is 0 Å². The Bertz CT molecular complexity index is 793. The van der Waals surface area contributed by atoms with Crippen LogP contribution in [0.4, 0.5) is 0 Å². The molecule has 0 aromatic carbocycles. The number of nitrogens with zero attached hydrogens (tertiary/aromatic N) is 4. The van der Waals surface area contributed by atoms with E-state index in [1.165, 1.54) is 10.7 Å². The van der Waals surface area contributed by atoms with Crippen molar-refractivity contribution in [2.24, 2.45) is 0 Å². The summed E-state index contributed by atoms with van der Waals surface area (Å²) in [6, 6.07) is 0.291. The monoisotopic (exact) mass is 412 g/mol. The molecule has 28 heavy (non-hydrogen) atoms. The lowest BCUT2D eigenvalue weighted by atomic mass is 9.94. The molecule has 0 atom stereocenters. The van der Waals surface area contributed by atoms with Crippen LogP contribution in [-0.2, 0) is 26.1 Å². The summed E-state index contributed by atoms with van der Waals surface area (Å²) in [7, 11) is -3.64. The topological polar surface area (TPSA) is 84.7 Å². The molecule has 2 heterocycles. The first kappa shape index (κ1) is 21.3. The highest BCUT2D eigenvalue weighted by molar-refractivity contribution is 7.89. The third-order valence-corrected chi connectivity index (χ3v) is 8.00. The van der Waals surface area contributed by atoms with Crippen molar-refractivity contribution in [1.82, 2.24) is 19.0 Å². The number of carbonyl (C=O) groups is 1. The quantitative estimate of drug-likeness (QED) is 0.710. The minimum absolute atomic E-state index is 0.00956. The number of amides is 1. The molecule has 3 rings (SSSR count). The third-order valence-electron chi connectivity index (χ3n) is 5.84. The first-order valence-corrected chi connectivity index (χ1v) is 11.7. The standard InChI is InChI=1S/C19H32N4O4S/c1-4-22(17-8-6-5-7-9-17)18(24)14-23-16(3)19(15(2)20-23)28(25,26)21-10-12-27-13-11-21/h17H,4-14H2,1-3H3. The highest BCUT2D eigenvalue weighted by Gasteiger charge is 2.33. The Hall–Kier alpha value is -1.45. The molecule has 0 spiro atoms. The average molecular weight is 413 g/mol. The van der Waals surface area contributed by atoms with E-state index in [1.807, 2.05) is 11.8 Å². The van der Waals surface area contributed by atoms with Crippen LogP contribution in [0.15, 0.2) is 4.90 Å². The average Bonchev–Trinajstić information content (AvgIpc) is 2.97. The van der Waals surface area contributed by atoms with Crippen molar-refractivity contribution in [3.8, 4) is 0 Å². The fourth-order valence-electron chi connectivity index (χ4n) is 4.37. The van der Waals surface area contributed by atoms with Crippen LogP contribution >= 0.6 is 0 Å². The molecule has 0 radical (unpaired) electrons. The Balaban J connectivity index is 1.80. The Kier molecular flexibility index (Phi) is 6.77. The first-order chi connectivity index (χ1) is 13.4. The summed E-state index contributed by atoms with van der Waals surface area (Å²) in [6.07, 6.45) is 5.66. The Morgan fingerprint density at radius 1 is 1.18 bits per heavy atom. The van der Waals surface area contributed by atoms with Gasteiger partial charge in [-0.2, -0.15) is 9.40 Å². The summed E-state index contributed by atoms with van der Waals surface area (Å²) in [5, 5.41) is 4.41. The summed E-state index contributed by atoms with van der Waals surface area (Å²) in [6.45, 7) is 7.66. The van der Waals surface area contributed by atoms with Crippen LogP contribution in [0.1, 0.15) is 50.4 Å². The molecule has 1 aromatic heterocycles. The van der Waals surface area contributed by atoms with Crippen molar-refractivity contribution < 1.29 is 17.9 Å². The number of sulfonamides is 1.